The average Bonchev–Trinajstić information content (AvgIpc) is 2.35. The summed E-state index contributed by atoms with van der Waals surface area (Å²) in [4.78, 5) is 14.5. The van der Waals surface area contributed by atoms with Crippen molar-refractivity contribution in [2.75, 3.05) is 0 Å². The highest BCUT2D eigenvalue weighted by Crippen LogP contribution is 2.12. The molecule has 0 atom stereocenters. The monoisotopic (exact) mass is 197 g/mol. The molecule has 0 aromatic carbocycles. The molecule has 0 aliphatic carbocycles. The molecule has 1 N–H and O–H groups in total. The van der Waals surface area contributed by atoms with Crippen LogP contribution in [-0.4, -0.2) is 14.8 Å². The standard InChI is InChI=1S/C8H8ClN3O/c1-4-6-7(13)5(9)3-10-8(6)12(2)11-4/h3H,1-2H3,(H,10,13). The van der Waals surface area contributed by atoms with Gasteiger partial charge in [0.05, 0.1) is 11.1 Å². The Balaban J connectivity index is 3.08. The predicted octanol–water partition coefficient (Wildman–Crippen LogP) is 1.22. The van der Waals surface area contributed by atoms with Gasteiger partial charge < -0.3 is 4.98 Å². The lowest BCUT2D eigenvalue weighted by molar-refractivity contribution is 0.774. The molecule has 0 bridgehead atoms. The molecule has 0 spiro atoms. The van der Waals surface area contributed by atoms with Crippen LogP contribution >= 0.6 is 11.6 Å². The van der Waals surface area contributed by atoms with Crippen molar-refractivity contribution in [3.05, 3.63) is 27.1 Å². The second-order valence-corrected chi connectivity index (χ2v) is 3.31. The fourth-order valence-corrected chi connectivity index (χ4v) is 1.56. The number of halogens is 1. The zero-order valence-electron chi connectivity index (χ0n) is 7.26. The van der Waals surface area contributed by atoms with E-state index < -0.39 is 0 Å². The Kier molecular flexibility index (Phi) is 1.66. The van der Waals surface area contributed by atoms with E-state index in [0.29, 0.717) is 16.7 Å². The molecular formula is C8H8ClN3O. The van der Waals surface area contributed by atoms with Crippen LogP contribution < -0.4 is 5.43 Å². The van der Waals surface area contributed by atoms with Crippen LogP contribution in [0.1, 0.15) is 5.69 Å². The lowest BCUT2D eigenvalue weighted by Gasteiger charge is -1.93. The van der Waals surface area contributed by atoms with E-state index in [2.05, 4.69) is 10.1 Å². The number of hydrogen-bond donors (Lipinski definition) is 1. The third-order valence-electron chi connectivity index (χ3n) is 2.00. The lowest BCUT2D eigenvalue weighted by Crippen LogP contribution is -2.03. The van der Waals surface area contributed by atoms with E-state index in [9.17, 15) is 4.79 Å². The molecule has 0 unspecified atom stereocenters. The Hall–Kier alpha value is -1.29. The fraction of sp³-hybridized carbons (Fsp3) is 0.250. The normalized spacial score (nSPS) is 11.0. The number of nitrogens with one attached hydrogen (secondary N) is 1. The molecule has 0 aliphatic heterocycles. The van der Waals surface area contributed by atoms with Gasteiger partial charge in [0.2, 0.25) is 5.43 Å². The van der Waals surface area contributed by atoms with E-state index in [-0.39, 0.29) is 10.5 Å². The summed E-state index contributed by atoms with van der Waals surface area (Å²) in [6.07, 6.45) is 1.48. The molecule has 0 aliphatic rings. The summed E-state index contributed by atoms with van der Waals surface area (Å²) < 4.78 is 1.63. The maximum atomic E-state index is 11.6. The second kappa shape index (κ2) is 2.60. The van der Waals surface area contributed by atoms with Crippen molar-refractivity contribution in [2.24, 2.45) is 7.05 Å². The first-order chi connectivity index (χ1) is 6.11. The van der Waals surface area contributed by atoms with Crippen molar-refractivity contribution >= 4 is 22.6 Å². The van der Waals surface area contributed by atoms with Crippen LogP contribution in [0.25, 0.3) is 11.0 Å². The SMILES string of the molecule is Cc1nn(C)c2[nH]cc(Cl)c(=O)c12. The van der Waals surface area contributed by atoms with Gasteiger partial charge in [-0.15, -0.1) is 0 Å². The van der Waals surface area contributed by atoms with Crippen molar-refractivity contribution in [3.63, 3.8) is 0 Å². The van der Waals surface area contributed by atoms with Gasteiger partial charge in [0.25, 0.3) is 0 Å². The van der Waals surface area contributed by atoms with Crippen LogP contribution in [0.15, 0.2) is 11.0 Å². The zero-order valence-corrected chi connectivity index (χ0v) is 8.01. The zero-order chi connectivity index (χ0) is 9.59. The predicted molar refractivity (Wildman–Crippen MR) is 51.1 cm³/mol. The third kappa shape index (κ3) is 1.06. The third-order valence-corrected chi connectivity index (χ3v) is 2.28. The fourth-order valence-electron chi connectivity index (χ4n) is 1.41. The summed E-state index contributed by atoms with van der Waals surface area (Å²) in [7, 11) is 1.78. The van der Waals surface area contributed by atoms with Gasteiger partial charge in [-0.3, -0.25) is 9.48 Å². The highest BCUT2D eigenvalue weighted by Gasteiger charge is 2.10. The summed E-state index contributed by atoms with van der Waals surface area (Å²) in [5.41, 5.74) is 1.23. The van der Waals surface area contributed by atoms with E-state index in [1.54, 1.807) is 18.7 Å². The number of hydrogen-bond acceptors (Lipinski definition) is 2. The smallest absolute Gasteiger partial charge is 0.211 e. The van der Waals surface area contributed by atoms with E-state index >= 15 is 0 Å². The summed E-state index contributed by atoms with van der Waals surface area (Å²) in [5, 5.41) is 4.88. The molecule has 2 rings (SSSR count). The minimum absolute atomic E-state index is 0.166. The van der Waals surface area contributed by atoms with E-state index in [0.717, 1.165) is 0 Å². The highest BCUT2D eigenvalue weighted by atomic mass is 35.5. The molecule has 0 saturated heterocycles. The summed E-state index contributed by atoms with van der Waals surface area (Å²) in [5.74, 6) is 0. The molecule has 5 heteroatoms. The summed E-state index contributed by atoms with van der Waals surface area (Å²) >= 11 is 5.69. The van der Waals surface area contributed by atoms with Gasteiger partial charge in [-0.1, -0.05) is 11.6 Å². The Morgan fingerprint density at radius 2 is 2.31 bits per heavy atom. The van der Waals surface area contributed by atoms with Crippen molar-refractivity contribution in [2.45, 2.75) is 6.92 Å². The van der Waals surface area contributed by atoms with E-state index in [1.165, 1.54) is 6.20 Å². The molecule has 0 radical (unpaired) electrons. The number of fused-ring (bicyclic) bond motifs is 1. The van der Waals surface area contributed by atoms with E-state index in [1.807, 2.05) is 0 Å². The number of rotatable bonds is 0. The first-order valence-electron chi connectivity index (χ1n) is 3.81. The average molecular weight is 198 g/mol. The molecule has 4 nitrogen and oxygen atoms in total. The molecule has 2 heterocycles. The van der Waals surface area contributed by atoms with Gasteiger partial charge in [-0.05, 0) is 6.92 Å². The molecule has 2 aromatic rings. The molecule has 0 saturated carbocycles. The Bertz CT molecular complexity index is 526. The highest BCUT2D eigenvalue weighted by molar-refractivity contribution is 6.31. The topological polar surface area (TPSA) is 50.7 Å². The van der Waals surface area contributed by atoms with Gasteiger partial charge in [-0.2, -0.15) is 5.10 Å². The second-order valence-electron chi connectivity index (χ2n) is 2.90. The minimum atomic E-state index is -0.166. The first-order valence-corrected chi connectivity index (χ1v) is 4.19. The van der Waals surface area contributed by atoms with Crippen LogP contribution in [0, 0.1) is 6.92 Å². The minimum Gasteiger partial charge on any atom is -0.345 e. The van der Waals surface area contributed by atoms with Crippen molar-refractivity contribution < 1.29 is 0 Å². The molecule has 2 aromatic heterocycles. The number of aromatic nitrogens is 3. The number of pyridine rings is 1. The quantitative estimate of drug-likeness (QED) is 0.691. The van der Waals surface area contributed by atoms with Crippen LogP contribution in [0.5, 0.6) is 0 Å². The van der Waals surface area contributed by atoms with Gasteiger partial charge in [-0.25, -0.2) is 0 Å². The van der Waals surface area contributed by atoms with E-state index in [4.69, 9.17) is 11.6 Å². The van der Waals surface area contributed by atoms with Crippen LogP contribution in [0.2, 0.25) is 5.02 Å². The molecule has 68 valence electrons. The number of aryl methyl sites for hydroxylation is 2. The summed E-state index contributed by atoms with van der Waals surface area (Å²) in [6.45, 7) is 1.79. The molecule has 0 fully saturated rings. The molecule has 0 amide bonds. The van der Waals surface area contributed by atoms with Crippen LogP contribution in [-0.2, 0) is 7.05 Å². The maximum Gasteiger partial charge on any atom is 0.211 e. The van der Waals surface area contributed by atoms with Crippen molar-refractivity contribution in [1.82, 2.24) is 14.8 Å². The van der Waals surface area contributed by atoms with Gasteiger partial charge >= 0.3 is 0 Å². The lowest BCUT2D eigenvalue weighted by atomic mass is 10.3. The summed E-state index contributed by atoms with van der Waals surface area (Å²) in [6, 6.07) is 0. The van der Waals surface area contributed by atoms with Crippen molar-refractivity contribution in [3.8, 4) is 0 Å². The number of H-pyrrole nitrogens is 1. The molecule has 13 heavy (non-hydrogen) atoms. The molecular weight excluding hydrogens is 190 g/mol. The number of aromatic amines is 1. The Morgan fingerprint density at radius 1 is 1.62 bits per heavy atom. The van der Waals surface area contributed by atoms with Gasteiger partial charge in [0.1, 0.15) is 10.7 Å². The maximum absolute atomic E-state index is 11.6. The Morgan fingerprint density at radius 3 is 3.00 bits per heavy atom. The van der Waals surface area contributed by atoms with Crippen molar-refractivity contribution in [1.29, 1.82) is 0 Å². The first kappa shape index (κ1) is 8.31. The van der Waals surface area contributed by atoms with Gasteiger partial charge in [0.15, 0.2) is 0 Å². The van der Waals surface area contributed by atoms with Gasteiger partial charge in [0, 0.05) is 13.2 Å². The number of nitrogens with zero attached hydrogens (tertiary/aromatic N) is 2. The Labute approximate surface area is 79.1 Å². The largest absolute Gasteiger partial charge is 0.345 e. The van der Waals surface area contributed by atoms with Crippen LogP contribution in [0.3, 0.4) is 0 Å². The van der Waals surface area contributed by atoms with Crippen LogP contribution in [0.4, 0.5) is 0 Å².